The number of hydrogen-bond acceptors (Lipinski definition) is 4. The van der Waals surface area contributed by atoms with Crippen LogP contribution in [-0.4, -0.2) is 60.4 Å². The van der Waals surface area contributed by atoms with Gasteiger partial charge in [-0.15, -0.1) is 0 Å². The molecule has 1 saturated heterocycles. The first kappa shape index (κ1) is 16.5. The Morgan fingerprint density at radius 1 is 1.35 bits per heavy atom. The van der Waals surface area contributed by atoms with Gasteiger partial charge in [0.15, 0.2) is 0 Å². The highest BCUT2D eigenvalue weighted by Crippen LogP contribution is 2.45. The van der Waals surface area contributed by atoms with Gasteiger partial charge in [-0.05, 0) is 32.3 Å². The number of H-pyrrole nitrogens is 1. The summed E-state index contributed by atoms with van der Waals surface area (Å²) < 4.78 is 5.40. The molecular weight excluding hydrogens is 292 g/mol. The van der Waals surface area contributed by atoms with E-state index in [1.807, 2.05) is 13.8 Å². The Morgan fingerprint density at radius 3 is 2.70 bits per heavy atom. The van der Waals surface area contributed by atoms with E-state index in [0.29, 0.717) is 18.3 Å². The molecule has 3 rings (SSSR count). The highest BCUT2D eigenvalue weighted by atomic mass is 16.5. The molecule has 0 aromatic carbocycles. The summed E-state index contributed by atoms with van der Waals surface area (Å²) in [6, 6.07) is 0. The summed E-state index contributed by atoms with van der Waals surface area (Å²) in [6.45, 7) is 9.68. The maximum atomic E-state index is 12.1. The van der Waals surface area contributed by atoms with Crippen molar-refractivity contribution in [3.63, 3.8) is 0 Å². The van der Waals surface area contributed by atoms with Gasteiger partial charge in [0, 0.05) is 50.1 Å². The van der Waals surface area contributed by atoms with Crippen molar-refractivity contribution >= 4 is 5.91 Å². The van der Waals surface area contributed by atoms with Crippen molar-refractivity contribution < 1.29 is 9.53 Å². The highest BCUT2D eigenvalue weighted by Gasteiger charge is 2.44. The van der Waals surface area contributed by atoms with E-state index in [4.69, 9.17) is 4.74 Å². The van der Waals surface area contributed by atoms with Gasteiger partial charge in [-0.2, -0.15) is 5.10 Å². The number of hydrogen-bond donors (Lipinski definition) is 2. The largest absolute Gasteiger partial charge is 0.379 e. The molecule has 2 heterocycles. The minimum Gasteiger partial charge on any atom is -0.379 e. The fourth-order valence-corrected chi connectivity index (χ4v) is 3.19. The third-order valence-corrected chi connectivity index (χ3v) is 5.22. The number of aromatic nitrogens is 2. The molecule has 0 unspecified atom stereocenters. The zero-order valence-electron chi connectivity index (χ0n) is 14.3. The van der Waals surface area contributed by atoms with Gasteiger partial charge >= 0.3 is 0 Å². The third kappa shape index (κ3) is 4.32. The predicted octanol–water partition coefficient (Wildman–Crippen LogP) is 1.19. The van der Waals surface area contributed by atoms with Gasteiger partial charge in [0.1, 0.15) is 0 Å². The number of carbonyl (C=O) groups excluding carboxylic acids is 1. The van der Waals surface area contributed by atoms with Gasteiger partial charge in [0.25, 0.3) is 0 Å². The Kier molecular flexibility index (Phi) is 5.02. The van der Waals surface area contributed by atoms with Gasteiger partial charge in [0.2, 0.25) is 5.91 Å². The van der Waals surface area contributed by atoms with Crippen LogP contribution in [0.3, 0.4) is 0 Å². The van der Waals surface area contributed by atoms with Crippen molar-refractivity contribution in [2.45, 2.75) is 39.5 Å². The lowest BCUT2D eigenvalue weighted by atomic mass is 10.1. The fraction of sp³-hybridized carbons (Fsp3) is 0.765. The molecule has 0 spiro atoms. The lowest BCUT2D eigenvalue weighted by molar-refractivity contribution is -0.121. The second kappa shape index (κ2) is 7.01. The standard InChI is InChI=1S/C17H28N4O2/c1-13-14(2)19-20-15(13)3-4-16(22)18-11-17(5-6-17)12-21-7-9-23-10-8-21/h3-12H2,1-2H3,(H,18,22)(H,19,20). The van der Waals surface area contributed by atoms with Gasteiger partial charge in [0.05, 0.1) is 18.9 Å². The van der Waals surface area contributed by atoms with Crippen LogP contribution in [0, 0.1) is 19.3 Å². The van der Waals surface area contributed by atoms with E-state index in [9.17, 15) is 4.79 Å². The van der Waals surface area contributed by atoms with Crippen molar-refractivity contribution in [2.24, 2.45) is 5.41 Å². The van der Waals surface area contributed by atoms with Gasteiger partial charge in [-0.1, -0.05) is 0 Å². The van der Waals surface area contributed by atoms with Crippen LogP contribution in [0.4, 0.5) is 0 Å². The Balaban J connectivity index is 1.39. The van der Waals surface area contributed by atoms with E-state index in [1.54, 1.807) is 0 Å². The molecule has 1 aromatic heterocycles. The number of nitrogens with zero attached hydrogens (tertiary/aromatic N) is 2. The van der Waals surface area contributed by atoms with E-state index in [1.165, 1.54) is 18.4 Å². The molecule has 0 atom stereocenters. The molecule has 23 heavy (non-hydrogen) atoms. The number of aromatic amines is 1. The molecule has 2 fully saturated rings. The smallest absolute Gasteiger partial charge is 0.220 e. The molecule has 6 nitrogen and oxygen atoms in total. The minimum atomic E-state index is 0.137. The topological polar surface area (TPSA) is 70.2 Å². The molecule has 1 amide bonds. The number of ether oxygens (including phenoxy) is 1. The van der Waals surface area contributed by atoms with Crippen LogP contribution in [0.1, 0.15) is 36.2 Å². The molecule has 128 valence electrons. The molecule has 1 aromatic rings. The first-order chi connectivity index (χ1) is 11.1. The van der Waals surface area contributed by atoms with Crippen molar-refractivity contribution in [1.82, 2.24) is 20.4 Å². The minimum absolute atomic E-state index is 0.137. The Morgan fingerprint density at radius 2 is 2.09 bits per heavy atom. The molecule has 6 heteroatoms. The quantitative estimate of drug-likeness (QED) is 0.792. The molecular formula is C17H28N4O2. The molecule has 2 aliphatic rings. The van der Waals surface area contributed by atoms with E-state index >= 15 is 0 Å². The zero-order chi connectivity index (χ0) is 16.3. The van der Waals surface area contributed by atoms with E-state index < -0.39 is 0 Å². The monoisotopic (exact) mass is 320 g/mol. The summed E-state index contributed by atoms with van der Waals surface area (Å²) in [6.07, 6.45) is 3.67. The summed E-state index contributed by atoms with van der Waals surface area (Å²) >= 11 is 0. The number of rotatable bonds is 7. The Bertz CT molecular complexity index is 545. The maximum Gasteiger partial charge on any atom is 0.220 e. The summed E-state index contributed by atoms with van der Waals surface area (Å²) in [7, 11) is 0. The van der Waals surface area contributed by atoms with Gasteiger partial charge in [-0.3, -0.25) is 14.8 Å². The number of carbonyl (C=O) groups is 1. The molecule has 1 aliphatic carbocycles. The average Bonchev–Trinajstić information content (AvgIpc) is 3.25. The van der Waals surface area contributed by atoms with Crippen molar-refractivity contribution in [1.29, 1.82) is 0 Å². The lowest BCUT2D eigenvalue weighted by Gasteiger charge is -2.30. The van der Waals surface area contributed by atoms with E-state index in [0.717, 1.165) is 50.8 Å². The number of amides is 1. The zero-order valence-corrected chi connectivity index (χ0v) is 14.3. The van der Waals surface area contributed by atoms with Crippen LogP contribution >= 0.6 is 0 Å². The molecule has 1 aliphatic heterocycles. The number of aryl methyl sites for hydroxylation is 2. The van der Waals surface area contributed by atoms with E-state index in [-0.39, 0.29) is 5.91 Å². The Labute approximate surface area is 138 Å². The number of nitrogens with one attached hydrogen (secondary N) is 2. The SMILES string of the molecule is Cc1[nH]nc(CCC(=O)NCC2(CN3CCOCC3)CC2)c1C. The van der Waals surface area contributed by atoms with Crippen LogP contribution in [0.2, 0.25) is 0 Å². The lowest BCUT2D eigenvalue weighted by Crippen LogP contribution is -2.43. The normalized spacial score (nSPS) is 20.4. The van der Waals surface area contributed by atoms with Crippen molar-refractivity contribution in [2.75, 3.05) is 39.4 Å². The molecule has 2 N–H and O–H groups in total. The third-order valence-electron chi connectivity index (χ3n) is 5.22. The second-order valence-electron chi connectivity index (χ2n) is 7.09. The van der Waals surface area contributed by atoms with Crippen molar-refractivity contribution in [3.05, 3.63) is 17.0 Å². The van der Waals surface area contributed by atoms with Crippen molar-refractivity contribution in [3.8, 4) is 0 Å². The fourth-order valence-electron chi connectivity index (χ4n) is 3.19. The first-order valence-corrected chi connectivity index (χ1v) is 8.65. The summed E-state index contributed by atoms with van der Waals surface area (Å²) in [5, 5.41) is 10.4. The molecule has 1 saturated carbocycles. The predicted molar refractivity (Wildman–Crippen MR) is 88.3 cm³/mol. The first-order valence-electron chi connectivity index (χ1n) is 8.65. The van der Waals surface area contributed by atoms with Crippen LogP contribution in [0.5, 0.6) is 0 Å². The van der Waals surface area contributed by atoms with E-state index in [2.05, 4.69) is 20.4 Å². The summed E-state index contributed by atoms with van der Waals surface area (Å²) in [5.74, 6) is 0.137. The van der Waals surface area contributed by atoms with Crippen LogP contribution in [0.15, 0.2) is 0 Å². The maximum absolute atomic E-state index is 12.1. The van der Waals surface area contributed by atoms with Crippen LogP contribution < -0.4 is 5.32 Å². The second-order valence-corrected chi connectivity index (χ2v) is 7.09. The number of morpholine rings is 1. The van der Waals surface area contributed by atoms with Gasteiger partial charge in [-0.25, -0.2) is 0 Å². The summed E-state index contributed by atoms with van der Waals surface area (Å²) in [4.78, 5) is 14.6. The van der Waals surface area contributed by atoms with Crippen LogP contribution in [-0.2, 0) is 16.0 Å². The average molecular weight is 320 g/mol. The molecule has 0 bridgehead atoms. The van der Waals surface area contributed by atoms with Crippen LogP contribution in [0.25, 0.3) is 0 Å². The summed E-state index contributed by atoms with van der Waals surface area (Å²) in [5.41, 5.74) is 3.57. The highest BCUT2D eigenvalue weighted by molar-refractivity contribution is 5.76. The Hall–Kier alpha value is -1.40. The molecule has 0 radical (unpaired) electrons. The van der Waals surface area contributed by atoms with Gasteiger partial charge < -0.3 is 10.1 Å².